The first-order chi connectivity index (χ1) is 10.5. The fraction of sp³-hybridized carbons (Fsp3) is 0.647. The Morgan fingerprint density at radius 1 is 1.36 bits per heavy atom. The molecule has 3 rings (SSSR count). The van der Waals surface area contributed by atoms with E-state index in [1.54, 1.807) is 0 Å². The van der Waals surface area contributed by atoms with Gasteiger partial charge in [0, 0.05) is 19.3 Å². The lowest BCUT2D eigenvalue weighted by atomic mass is 9.88. The van der Waals surface area contributed by atoms with Crippen molar-refractivity contribution < 1.29 is 9.53 Å². The summed E-state index contributed by atoms with van der Waals surface area (Å²) in [4.78, 5) is 21.1. The van der Waals surface area contributed by atoms with E-state index in [9.17, 15) is 4.79 Å². The van der Waals surface area contributed by atoms with E-state index in [2.05, 4.69) is 16.9 Å². The van der Waals surface area contributed by atoms with E-state index in [1.807, 2.05) is 37.1 Å². The van der Waals surface area contributed by atoms with Crippen LogP contribution in [-0.4, -0.2) is 59.1 Å². The lowest BCUT2D eigenvalue weighted by Gasteiger charge is -2.48. The van der Waals surface area contributed by atoms with Crippen LogP contribution in [0.2, 0.25) is 0 Å². The SMILES string of the molecule is Cc1ccc(CN2CC3(CCN(C)CC3)OC(C)C2=O)nc1. The predicted molar refractivity (Wildman–Crippen MR) is 84.4 cm³/mol. The number of hydrogen-bond acceptors (Lipinski definition) is 4. The zero-order chi connectivity index (χ0) is 15.7. The Bertz CT molecular complexity index is 535. The molecule has 0 aromatic carbocycles. The third-order valence-electron chi connectivity index (χ3n) is 4.79. The summed E-state index contributed by atoms with van der Waals surface area (Å²) in [6, 6.07) is 4.05. The molecule has 0 N–H and O–H groups in total. The third-order valence-corrected chi connectivity index (χ3v) is 4.79. The van der Waals surface area contributed by atoms with Crippen LogP contribution >= 0.6 is 0 Å². The van der Waals surface area contributed by atoms with Gasteiger partial charge in [0.05, 0.1) is 24.4 Å². The van der Waals surface area contributed by atoms with Crippen molar-refractivity contribution in [1.29, 1.82) is 0 Å². The van der Waals surface area contributed by atoms with Crippen LogP contribution in [0.1, 0.15) is 31.0 Å². The first-order valence-corrected chi connectivity index (χ1v) is 8.04. The Morgan fingerprint density at radius 3 is 2.73 bits per heavy atom. The molecule has 0 aliphatic carbocycles. The van der Waals surface area contributed by atoms with E-state index in [-0.39, 0.29) is 17.6 Å². The van der Waals surface area contributed by atoms with Crippen molar-refractivity contribution in [2.24, 2.45) is 0 Å². The van der Waals surface area contributed by atoms with Crippen LogP contribution in [-0.2, 0) is 16.1 Å². The van der Waals surface area contributed by atoms with Crippen molar-refractivity contribution >= 4 is 5.91 Å². The number of ether oxygens (including phenoxy) is 1. The summed E-state index contributed by atoms with van der Waals surface area (Å²) in [5.74, 6) is 0.0759. The molecule has 120 valence electrons. The average molecular weight is 303 g/mol. The van der Waals surface area contributed by atoms with E-state index in [1.165, 1.54) is 0 Å². The van der Waals surface area contributed by atoms with E-state index in [0.29, 0.717) is 13.1 Å². The molecule has 1 aromatic heterocycles. The number of carbonyl (C=O) groups is 1. The number of aromatic nitrogens is 1. The van der Waals surface area contributed by atoms with Crippen LogP contribution in [0.3, 0.4) is 0 Å². The normalized spacial score (nSPS) is 25.7. The van der Waals surface area contributed by atoms with Gasteiger partial charge >= 0.3 is 0 Å². The molecule has 1 spiro atoms. The molecule has 2 fully saturated rings. The summed E-state index contributed by atoms with van der Waals surface area (Å²) in [7, 11) is 2.14. The predicted octanol–water partition coefficient (Wildman–Crippen LogP) is 1.60. The summed E-state index contributed by atoms with van der Waals surface area (Å²) in [5, 5.41) is 0. The molecular weight excluding hydrogens is 278 g/mol. The highest BCUT2D eigenvalue weighted by molar-refractivity contribution is 5.81. The Kier molecular flexibility index (Phi) is 4.19. The number of piperidine rings is 1. The zero-order valence-corrected chi connectivity index (χ0v) is 13.7. The monoisotopic (exact) mass is 303 g/mol. The van der Waals surface area contributed by atoms with Crippen LogP contribution in [0.4, 0.5) is 0 Å². The minimum atomic E-state index is -0.359. The number of aryl methyl sites for hydroxylation is 1. The third kappa shape index (κ3) is 3.15. The minimum Gasteiger partial charge on any atom is -0.360 e. The highest BCUT2D eigenvalue weighted by Gasteiger charge is 2.44. The molecule has 2 aliphatic heterocycles. The van der Waals surface area contributed by atoms with Gasteiger partial charge in [-0.05, 0) is 45.4 Å². The van der Waals surface area contributed by atoms with Crippen LogP contribution in [0.25, 0.3) is 0 Å². The first kappa shape index (κ1) is 15.4. The lowest BCUT2D eigenvalue weighted by Crippen LogP contribution is -2.60. The fourth-order valence-corrected chi connectivity index (χ4v) is 3.37. The molecule has 3 heterocycles. The second-order valence-electron chi connectivity index (χ2n) is 6.77. The molecule has 0 bridgehead atoms. The topological polar surface area (TPSA) is 45.7 Å². The van der Waals surface area contributed by atoms with Gasteiger partial charge in [-0.25, -0.2) is 0 Å². The molecule has 1 atom stereocenters. The number of likely N-dealkylation sites (tertiary alicyclic amines) is 1. The van der Waals surface area contributed by atoms with Gasteiger partial charge in [0.15, 0.2) is 0 Å². The van der Waals surface area contributed by atoms with Gasteiger partial charge < -0.3 is 14.5 Å². The first-order valence-electron chi connectivity index (χ1n) is 8.04. The van der Waals surface area contributed by atoms with Crippen molar-refractivity contribution in [3.8, 4) is 0 Å². The Morgan fingerprint density at radius 2 is 2.09 bits per heavy atom. The van der Waals surface area contributed by atoms with Gasteiger partial charge in [0.2, 0.25) is 0 Å². The van der Waals surface area contributed by atoms with Crippen LogP contribution in [0.15, 0.2) is 18.3 Å². The van der Waals surface area contributed by atoms with Gasteiger partial charge in [-0.3, -0.25) is 9.78 Å². The van der Waals surface area contributed by atoms with Crippen molar-refractivity contribution in [2.75, 3.05) is 26.7 Å². The maximum atomic E-state index is 12.4. The molecule has 22 heavy (non-hydrogen) atoms. The summed E-state index contributed by atoms with van der Waals surface area (Å²) in [6.07, 6.45) is 3.47. The van der Waals surface area contributed by atoms with Crippen LogP contribution < -0.4 is 0 Å². The highest BCUT2D eigenvalue weighted by atomic mass is 16.5. The van der Waals surface area contributed by atoms with Crippen LogP contribution in [0, 0.1) is 6.92 Å². The van der Waals surface area contributed by atoms with Gasteiger partial charge in [-0.2, -0.15) is 0 Å². The second kappa shape index (κ2) is 5.97. The zero-order valence-electron chi connectivity index (χ0n) is 13.7. The van der Waals surface area contributed by atoms with Gasteiger partial charge in [0.25, 0.3) is 5.91 Å². The molecule has 0 saturated carbocycles. The quantitative estimate of drug-likeness (QED) is 0.832. The Balaban J connectivity index is 1.74. The maximum Gasteiger partial charge on any atom is 0.251 e. The summed E-state index contributed by atoms with van der Waals surface area (Å²) >= 11 is 0. The lowest BCUT2D eigenvalue weighted by molar-refractivity contribution is -0.190. The smallest absolute Gasteiger partial charge is 0.251 e. The molecule has 2 saturated heterocycles. The van der Waals surface area contributed by atoms with E-state index in [0.717, 1.165) is 37.2 Å². The van der Waals surface area contributed by atoms with E-state index >= 15 is 0 Å². The van der Waals surface area contributed by atoms with Gasteiger partial charge in [0.1, 0.15) is 6.10 Å². The Labute approximate surface area is 132 Å². The van der Waals surface area contributed by atoms with Crippen molar-refractivity contribution in [1.82, 2.24) is 14.8 Å². The average Bonchev–Trinajstić information content (AvgIpc) is 2.50. The number of hydrogen-bond donors (Lipinski definition) is 0. The fourth-order valence-electron chi connectivity index (χ4n) is 3.37. The summed E-state index contributed by atoms with van der Waals surface area (Å²) < 4.78 is 6.12. The van der Waals surface area contributed by atoms with Gasteiger partial charge in [-0.15, -0.1) is 0 Å². The molecular formula is C17H25N3O2. The molecule has 0 radical (unpaired) electrons. The highest BCUT2D eigenvalue weighted by Crippen LogP contribution is 2.32. The standard InChI is InChI=1S/C17H25N3O2/c1-13-4-5-15(18-10-13)11-20-12-17(22-14(2)16(20)21)6-8-19(3)9-7-17/h4-5,10,14H,6-9,11-12H2,1-3H3. The number of carbonyl (C=O) groups excluding carboxylic acids is 1. The van der Waals surface area contributed by atoms with Crippen molar-refractivity contribution in [3.05, 3.63) is 29.6 Å². The summed E-state index contributed by atoms with van der Waals surface area (Å²) in [5.41, 5.74) is 1.90. The maximum absolute atomic E-state index is 12.4. The Hall–Kier alpha value is -1.46. The van der Waals surface area contributed by atoms with E-state index < -0.39 is 0 Å². The minimum absolute atomic E-state index is 0.0759. The molecule has 1 aromatic rings. The molecule has 5 heteroatoms. The molecule has 1 amide bonds. The number of rotatable bonds is 2. The van der Waals surface area contributed by atoms with Crippen molar-refractivity contribution in [3.63, 3.8) is 0 Å². The van der Waals surface area contributed by atoms with E-state index in [4.69, 9.17) is 4.74 Å². The van der Waals surface area contributed by atoms with Crippen molar-refractivity contribution in [2.45, 2.75) is 44.9 Å². The number of amides is 1. The molecule has 5 nitrogen and oxygen atoms in total. The van der Waals surface area contributed by atoms with Crippen LogP contribution in [0.5, 0.6) is 0 Å². The second-order valence-corrected chi connectivity index (χ2v) is 6.77. The summed E-state index contributed by atoms with van der Waals surface area (Å²) in [6.45, 7) is 7.20. The molecule has 2 aliphatic rings. The number of pyridine rings is 1. The van der Waals surface area contributed by atoms with Gasteiger partial charge in [-0.1, -0.05) is 6.07 Å². The number of morpholine rings is 1. The molecule has 1 unspecified atom stereocenters. The largest absolute Gasteiger partial charge is 0.360 e. The number of nitrogens with zero attached hydrogens (tertiary/aromatic N) is 3.